The molecule has 1 aromatic carbocycles. The molecule has 2 amide bonds. The molecule has 0 radical (unpaired) electrons. The normalized spacial score (nSPS) is 16.7. The van der Waals surface area contributed by atoms with Gasteiger partial charge in [-0.3, -0.25) is 14.9 Å². The number of anilines is 2. The van der Waals surface area contributed by atoms with Crippen LogP contribution in [0.15, 0.2) is 24.3 Å². The van der Waals surface area contributed by atoms with Crippen LogP contribution in [-0.4, -0.2) is 34.7 Å². The largest absolute Gasteiger partial charge is 0.368 e. The zero-order valence-corrected chi connectivity index (χ0v) is 15.6. The van der Waals surface area contributed by atoms with Crippen molar-refractivity contribution >= 4 is 34.0 Å². The predicted octanol–water partition coefficient (Wildman–Crippen LogP) is 3.11. The molecule has 0 unspecified atom stereocenters. The van der Waals surface area contributed by atoms with Crippen molar-refractivity contribution in [3.05, 3.63) is 34.8 Å². The summed E-state index contributed by atoms with van der Waals surface area (Å²) in [6.07, 6.45) is 2.04. The fourth-order valence-corrected chi connectivity index (χ4v) is 3.60. The van der Waals surface area contributed by atoms with Crippen molar-refractivity contribution in [2.45, 2.75) is 39.2 Å². The number of ether oxygens (including phenoxy) is 1. The molecule has 1 aromatic heterocycles. The highest BCUT2D eigenvalue weighted by Crippen LogP contribution is 2.20. The van der Waals surface area contributed by atoms with E-state index < -0.39 is 6.10 Å². The molecule has 0 aliphatic carbocycles. The number of amides is 2. The van der Waals surface area contributed by atoms with E-state index in [-0.39, 0.29) is 11.8 Å². The second kappa shape index (κ2) is 8.37. The second-order valence-corrected chi connectivity index (χ2v) is 7.69. The Bertz CT molecular complexity index is 784. The van der Waals surface area contributed by atoms with E-state index in [0.29, 0.717) is 28.9 Å². The van der Waals surface area contributed by atoms with Crippen LogP contribution >= 0.6 is 11.3 Å². The predicted molar refractivity (Wildman–Crippen MR) is 100 cm³/mol. The molecule has 0 bridgehead atoms. The summed E-state index contributed by atoms with van der Waals surface area (Å²) in [6, 6.07) is 6.80. The summed E-state index contributed by atoms with van der Waals surface area (Å²) in [4.78, 5) is 24.6. The van der Waals surface area contributed by atoms with Crippen LogP contribution in [0.25, 0.3) is 0 Å². The number of nitrogens with zero attached hydrogens (tertiary/aromatic N) is 2. The first-order valence-corrected chi connectivity index (χ1v) is 9.49. The summed E-state index contributed by atoms with van der Waals surface area (Å²) in [5.74, 6) is 0.0172. The van der Waals surface area contributed by atoms with E-state index in [1.54, 1.807) is 24.3 Å². The molecule has 1 aliphatic rings. The fourth-order valence-electron chi connectivity index (χ4n) is 2.65. The Labute approximate surface area is 156 Å². The first-order chi connectivity index (χ1) is 12.5. The maximum Gasteiger partial charge on any atom is 0.257 e. The topological polar surface area (TPSA) is 93.2 Å². The van der Waals surface area contributed by atoms with Crippen molar-refractivity contribution in [3.63, 3.8) is 0 Å². The van der Waals surface area contributed by atoms with Gasteiger partial charge < -0.3 is 10.1 Å². The number of nitrogens with one attached hydrogen (secondary N) is 2. The average Bonchev–Trinajstić information content (AvgIpc) is 3.26. The Balaban J connectivity index is 1.62. The third kappa shape index (κ3) is 4.86. The fraction of sp³-hybridized carbons (Fsp3) is 0.444. The lowest BCUT2D eigenvalue weighted by atomic mass is 10.1. The van der Waals surface area contributed by atoms with Gasteiger partial charge in [0, 0.05) is 24.3 Å². The van der Waals surface area contributed by atoms with E-state index in [4.69, 9.17) is 4.74 Å². The molecule has 1 saturated heterocycles. The van der Waals surface area contributed by atoms with Crippen molar-refractivity contribution in [1.82, 2.24) is 10.2 Å². The summed E-state index contributed by atoms with van der Waals surface area (Å²) in [6.45, 7) is 4.83. The number of carbonyl (C=O) groups excluding carboxylic acids is 2. The van der Waals surface area contributed by atoms with Crippen LogP contribution in [-0.2, 0) is 16.0 Å². The lowest BCUT2D eigenvalue weighted by Crippen LogP contribution is -2.27. The summed E-state index contributed by atoms with van der Waals surface area (Å²) in [5, 5.41) is 15.0. The van der Waals surface area contributed by atoms with E-state index in [9.17, 15) is 9.59 Å². The maximum absolute atomic E-state index is 12.4. The van der Waals surface area contributed by atoms with Gasteiger partial charge in [-0.15, -0.1) is 10.2 Å². The standard InChI is InChI=1S/C18H22N4O3S/c1-11(2)9-15-21-22-18(26-15)20-16(23)12-5-3-6-13(10-12)19-17(24)14-7-4-8-25-14/h3,5-6,10-11,14H,4,7-9H2,1-2H3,(H,19,24)(H,20,22,23)/t14-/m0/s1. The summed E-state index contributed by atoms with van der Waals surface area (Å²) < 4.78 is 5.37. The van der Waals surface area contributed by atoms with E-state index in [0.717, 1.165) is 24.3 Å². The monoisotopic (exact) mass is 374 g/mol. The van der Waals surface area contributed by atoms with Crippen LogP contribution in [0.1, 0.15) is 42.1 Å². The highest BCUT2D eigenvalue weighted by Gasteiger charge is 2.23. The van der Waals surface area contributed by atoms with E-state index in [1.807, 2.05) is 0 Å². The third-order valence-corrected chi connectivity index (χ3v) is 4.75. The van der Waals surface area contributed by atoms with Gasteiger partial charge in [-0.2, -0.15) is 0 Å². The SMILES string of the molecule is CC(C)Cc1nnc(NC(=O)c2cccc(NC(=O)[C@@H]3CCCO3)c2)s1. The first-order valence-electron chi connectivity index (χ1n) is 8.67. The molecule has 26 heavy (non-hydrogen) atoms. The van der Waals surface area contributed by atoms with Crippen LogP contribution in [0, 0.1) is 5.92 Å². The molecule has 7 nitrogen and oxygen atoms in total. The molecule has 2 heterocycles. The van der Waals surface area contributed by atoms with Crippen LogP contribution in [0.4, 0.5) is 10.8 Å². The highest BCUT2D eigenvalue weighted by atomic mass is 32.1. The molecular formula is C18H22N4O3S. The number of hydrogen-bond acceptors (Lipinski definition) is 6. The molecule has 8 heteroatoms. The Hall–Kier alpha value is -2.32. The molecule has 0 saturated carbocycles. The van der Waals surface area contributed by atoms with Gasteiger partial charge >= 0.3 is 0 Å². The smallest absolute Gasteiger partial charge is 0.257 e. The number of benzene rings is 1. The highest BCUT2D eigenvalue weighted by molar-refractivity contribution is 7.15. The lowest BCUT2D eigenvalue weighted by molar-refractivity contribution is -0.124. The van der Waals surface area contributed by atoms with Crippen LogP contribution in [0.3, 0.4) is 0 Å². The van der Waals surface area contributed by atoms with E-state index >= 15 is 0 Å². The van der Waals surface area contributed by atoms with E-state index in [2.05, 4.69) is 34.7 Å². The molecule has 3 rings (SSSR count). The van der Waals surface area contributed by atoms with Crippen molar-refractivity contribution in [2.24, 2.45) is 5.92 Å². The Morgan fingerprint density at radius 3 is 2.88 bits per heavy atom. The van der Waals surface area contributed by atoms with Gasteiger partial charge in [0.25, 0.3) is 11.8 Å². The lowest BCUT2D eigenvalue weighted by Gasteiger charge is -2.11. The van der Waals surface area contributed by atoms with Crippen LogP contribution in [0.2, 0.25) is 0 Å². The van der Waals surface area contributed by atoms with Gasteiger partial charge in [0.1, 0.15) is 11.1 Å². The Morgan fingerprint density at radius 1 is 1.31 bits per heavy atom. The van der Waals surface area contributed by atoms with Crippen molar-refractivity contribution in [3.8, 4) is 0 Å². The molecule has 2 N–H and O–H groups in total. The first kappa shape index (κ1) is 18.5. The molecule has 1 atom stereocenters. The molecule has 1 fully saturated rings. The van der Waals surface area contributed by atoms with Crippen molar-refractivity contribution in [1.29, 1.82) is 0 Å². The Morgan fingerprint density at radius 2 is 2.15 bits per heavy atom. The van der Waals surface area contributed by atoms with Gasteiger partial charge in [-0.05, 0) is 37.0 Å². The summed E-state index contributed by atoms with van der Waals surface area (Å²) in [5.41, 5.74) is 1.01. The Kier molecular flexibility index (Phi) is 5.95. The zero-order valence-electron chi connectivity index (χ0n) is 14.8. The second-order valence-electron chi connectivity index (χ2n) is 6.62. The van der Waals surface area contributed by atoms with Gasteiger partial charge in [0.05, 0.1) is 0 Å². The van der Waals surface area contributed by atoms with Gasteiger partial charge in [-0.1, -0.05) is 31.3 Å². The van der Waals surface area contributed by atoms with Crippen molar-refractivity contribution < 1.29 is 14.3 Å². The number of carbonyl (C=O) groups is 2. The molecular weight excluding hydrogens is 352 g/mol. The number of aromatic nitrogens is 2. The minimum Gasteiger partial charge on any atom is -0.368 e. The summed E-state index contributed by atoms with van der Waals surface area (Å²) >= 11 is 1.38. The van der Waals surface area contributed by atoms with Gasteiger partial charge in [-0.25, -0.2) is 0 Å². The van der Waals surface area contributed by atoms with Crippen molar-refractivity contribution in [2.75, 3.05) is 17.2 Å². The maximum atomic E-state index is 12.4. The minimum absolute atomic E-state index is 0.178. The molecule has 138 valence electrons. The number of rotatable bonds is 6. The molecule has 2 aromatic rings. The van der Waals surface area contributed by atoms with Crippen LogP contribution < -0.4 is 10.6 Å². The quantitative estimate of drug-likeness (QED) is 0.810. The average molecular weight is 374 g/mol. The minimum atomic E-state index is -0.409. The third-order valence-electron chi connectivity index (χ3n) is 3.88. The van der Waals surface area contributed by atoms with E-state index in [1.165, 1.54) is 11.3 Å². The summed E-state index contributed by atoms with van der Waals surface area (Å²) in [7, 11) is 0. The molecule has 0 spiro atoms. The molecule has 1 aliphatic heterocycles. The van der Waals surface area contributed by atoms with Gasteiger partial charge in [0.15, 0.2) is 0 Å². The van der Waals surface area contributed by atoms with Gasteiger partial charge in [0.2, 0.25) is 5.13 Å². The number of hydrogen-bond donors (Lipinski definition) is 2. The zero-order chi connectivity index (χ0) is 18.5. The van der Waals surface area contributed by atoms with Crippen LogP contribution in [0.5, 0.6) is 0 Å².